The van der Waals surface area contributed by atoms with Crippen molar-refractivity contribution in [3.63, 3.8) is 0 Å². The molecule has 4 nitrogen and oxygen atoms in total. The molecular formula is C21H22ClN3O. The van der Waals surface area contributed by atoms with Crippen LogP contribution in [0.1, 0.15) is 12.0 Å². The zero-order valence-electron chi connectivity index (χ0n) is 14.5. The Hall–Kier alpha value is -2.30. The molecule has 4 rings (SSSR count). The molecule has 2 unspecified atom stereocenters. The summed E-state index contributed by atoms with van der Waals surface area (Å²) in [5, 5.41) is 7.26. The number of carbonyl (C=O) groups is 1. The van der Waals surface area contributed by atoms with E-state index in [1.54, 1.807) is 0 Å². The van der Waals surface area contributed by atoms with E-state index in [0.717, 1.165) is 25.1 Å². The highest BCUT2D eigenvalue weighted by Gasteiger charge is 2.39. The fourth-order valence-corrected chi connectivity index (χ4v) is 4.06. The molecule has 2 aliphatic heterocycles. The van der Waals surface area contributed by atoms with Crippen molar-refractivity contribution in [1.29, 1.82) is 0 Å². The molecule has 0 aliphatic carbocycles. The molecule has 0 bridgehead atoms. The largest absolute Gasteiger partial charge is 0.336 e. The summed E-state index contributed by atoms with van der Waals surface area (Å²) in [5.41, 5.74) is 3.47. The molecule has 2 atom stereocenters. The minimum absolute atomic E-state index is 0.0243. The number of hydrogen-bond donors (Lipinski definition) is 2. The van der Waals surface area contributed by atoms with Crippen LogP contribution in [0.2, 0.25) is 5.02 Å². The van der Waals surface area contributed by atoms with Crippen molar-refractivity contribution in [1.82, 2.24) is 10.6 Å². The summed E-state index contributed by atoms with van der Waals surface area (Å²) in [6, 6.07) is 18.1. The predicted octanol–water partition coefficient (Wildman–Crippen LogP) is 3.77. The van der Waals surface area contributed by atoms with Crippen molar-refractivity contribution >= 4 is 23.3 Å². The number of nitrogens with one attached hydrogen (secondary N) is 2. The number of nitrogens with zero attached hydrogens (tertiary/aromatic N) is 1. The Morgan fingerprint density at radius 2 is 1.96 bits per heavy atom. The van der Waals surface area contributed by atoms with Crippen LogP contribution < -0.4 is 15.5 Å². The maximum Gasteiger partial charge on any atom is 0.322 e. The molecule has 2 aliphatic rings. The summed E-state index contributed by atoms with van der Waals surface area (Å²) in [7, 11) is 0. The molecule has 2 heterocycles. The van der Waals surface area contributed by atoms with Gasteiger partial charge in [-0.05, 0) is 43.1 Å². The molecule has 26 heavy (non-hydrogen) atoms. The summed E-state index contributed by atoms with van der Waals surface area (Å²) in [4.78, 5) is 14.4. The first-order chi connectivity index (χ1) is 12.7. The standard InChI is InChI=1S/C21H22ClN3O/c22-17-9-4-10-18(13-17)25-19(14-24-21(25)26)20-16(8-5-11-23-20)12-15-6-2-1-3-7-15/h1-4,6-10,13,19-20,23H,5,11-12,14H2,(H,24,26). The van der Waals surface area contributed by atoms with Crippen LogP contribution in [-0.4, -0.2) is 31.2 Å². The minimum Gasteiger partial charge on any atom is -0.336 e. The Balaban J connectivity index is 1.62. The van der Waals surface area contributed by atoms with Crippen LogP contribution in [0.3, 0.4) is 0 Å². The smallest absolute Gasteiger partial charge is 0.322 e. The number of rotatable bonds is 4. The maximum atomic E-state index is 12.5. The lowest BCUT2D eigenvalue weighted by Crippen LogP contribution is -2.52. The van der Waals surface area contributed by atoms with Crippen LogP contribution in [0.4, 0.5) is 10.5 Å². The van der Waals surface area contributed by atoms with Crippen LogP contribution in [0, 0.1) is 0 Å². The van der Waals surface area contributed by atoms with E-state index in [4.69, 9.17) is 11.6 Å². The van der Waals surface area contributed by atoms with E-state index in [9.17, 15) is 4.79 Å². The number of anilines is 1. The van der Waals surface area contributed by atoms with Crippen LogP contribution in [-0.2, 0) is 6.42 Å². The van der Waals surface area contributed by atoms with Gasteiger partial charge in [-0.1, -0.05) is 59.6 Å². The average Bonchev–Trinajstić information content (AvgIpc) is 3.04. The Morgan fingerprint density at radius 3 is 2.77 bits per heavy atom. The Kier molecular flexibility index (Phi) is 4.96. The topological polar surface area (TPSA) is 44.4 Å². The van der Waals surface area contributed by atoms with Crippen molar-refractivity contribution in [2.24, 2.45) is 0 Å². The van der Waals surface area contributed by atoms with Gasteiger partial charge in [-0.3, -0.25) is 4.90 Å². The summed E-state index contributed by atoms with van der Waals surface area (Å²) in [5.74, 6) is 0. The second-order valence-electron chi connectivity index (χ2n) is 6.77. The first-order valence-electron chi connectivity index (χ1n) is 9.01. The highest BCUT2D eigenvalue weighted by Crippen LogP contribution is 2.29. The van der Waals surface area contributed by atoms with Crippen LogP contribution in [0.5, 0.6) is 0 Å². The van der Waals surface area contributed by atoms with Crippen molar-refractivity contribution < 1.29 is 4.79 Å². The third-order valence-corrected chi connectivity index (χ3v) is 5.28. The second-order valence-corrected chi connectivity index (χ2v) is 7.20. The number of carbonyl (C=O) groups excluding carboxylic acids is 1. The van der Waals surface area contributed by atoms with Gasteiger partial charge in [-0.15, -0.1) is 0 Å². The zero-order valence-corrected chi connectivity index (χ0v) is 15.2. The Labute approximate surface area is 158 Å². The summed E-state index contributed by atoms with van der Waals surface area (Å²) < 4.78 is 0. The number of urea groups is 1. The normalized spacial score (nSPS) is 22.9. The first kappa shape index (κ1) is 17.1. The van der Waals surface area contributed by atoms with Gasteiger partial charge in [0.1, 0.15) is 0 Å². The number of amides is 2. The molecule has 0 spiro atoms. The number of hydrogen-bond acceptors (Lipinski definition) is 2. The van der Waals surface area contributed by atoms with Gasteiger partial charge in [0.2, 0.25) is 0 Å². The molecule has 2 amide bonds. The average molecular weight is 368 g/mol. The van der Waals surface area contributed by atoms with Gasteiger partial charge in [0.15, 0.2) is 0 Å². The highest BCUT2D eigenvalue weighted by molar-refractivity contribution is 6.30. The first-order valence-corrected chi connectivity index (χ1v) is 9.39. The molecule has 1 fully saturated rings. The SMILES string of the molecule is O=C1NCC(C2NCCC=C2Cc2ccccc2)N1c1cccc(Cl)c1. The van der Waals surface area contributed by atoms with Gasteiger partial charge in [-0.25, -0.2) is 4.79 Å². The van der Waals surface area contributed by atoms with E-state index >= 15 is 0 Å². The van der Waals surface area contributed by atoms with Gasteiger partial charge in [0.25, 0.3) is 0 Å². The highest BCUT2D eigenvalue weighted by atomic mass is 35.5. The molecule has 2 N–H and O–H groups in total. The Bertz CT molecular complexity index is 821. The maximum absolute atomic E-state index is 12.5. The van der Waals surface area contributed by atoms with Crippen LogP contribution in [0.25, 0.3) is 0 Å². The Morgan fingerprint density at radius 1 is 1.12 bits per heavy atom. The molecular weight excluding hydrogens is 346 g/mol. The molecule has 134 valence electrons. The molecule has 2 aromatic carbocycles. The number of benzene rings is 2. The van der Waals surface area contributed by atoms with E-state index in [2.05, 4.69) is 41.0 Å². The van der Waals surface area contributed by atoms with Gasteiger partial charge >= 0.3 is 6.03 Å². The van der Waals surface area contributed by atoms with Gasteiger partial charge in [-0.2, -0.15) is 0 Å². The fraction of sp³-hybridized carbons (Fsp3) is 0.286. The van der Waals surface area contributed by atoms with E-state index in [-0.39, 0.29) is 18.1 Å². The van der Waals surface area contributed by atoms with E-state index < -0.39 is 0 Å². The quantitative estimate of drug-likeness (QED) is 0.808. The lowest BCUT2D eigenvalue weighted by Gasteiger charge is -2.35. The predicted molar refractivity (Wildman–Crippen MR) is 106 cm³/mol. The van der Waals surface area contributed by atoms with Crippen molar-refractivity contribution in [2.45, 2.75) is 24.9 Å². The third kappa shape index (κ3) is 3.48. The van der Waals surface area contributed by atoms with E-state index in [1.807, 2.05) is 35.2 Å². The number of halogens is 1. The van der Waals surface area contributed by atoms with Crippen molar-refractivity contribution in [3.8, 4) is 0 Å². The van der Waals surface area contributed by atoms with Crippen LogP contribution in [0.15, 0.2) is 66.2 Å². The lowest BCUT2D eigenvalue weighted by atomic mass is 9.90. The van der Waals surface area contributed by atoms with E-state index in [1.165, 1.54) is 11.1 Å². The lowest BCUT2D eigenvalue weighted by molar-refractivity contribution is 0.251. The zero-order chi connectivity index (χ0) is 17.9. The van der Waals surface area contributed by atoms with Gasteiger partial charge in [0.05, 0.1) is 12.1 Å². The van der Waals surface area contributed by atoms with Crippen LogP contribution >= 0.6 is 11.6 Å². The molecule has 5 heteroatoms. The molecule has 0 saturated carbocycles. The fourth-order valence-electron chi connectivity index (χ4n) is 3.87. The minimum atomic E-state index is -0.0660. The third-order valence-electron chi connectivity index (χ3n) is 5.05. The molecule has 0 radical (unpaired) electrons. The van der Waals surface area contributed by atoms with E-state index in [0.29, 0.717) is 11.6 Å². The monoisotopic (exact) mass is 367 g/mol. The summed E-state index contributed by atoms with van der Waals surface area (Å²) >= 11 is 6.16. The second kappa shape index (κ2) is 7.52. The molecule has 1 saturated heterocycles. The summed E-state index contributed by atoms with van der Waals surface area (Å²) in [6.45, 7) is 1.55. The molecule has 2 aromatic rings. The van der Waals surface area contributed by atoms with Gasteiger partial charge in [0, 0.05) is 17.3 Å². The van der Waals surface area contributed by atoms with Crippen molar-refractivity contribution in [2.75, 3.05) is 18.0 Å². The molecule has 0 aromatic heterocycles. The van der Waals surface area contributed by atoms with Crippen molar-refractivity contribution in [3.05, 3.63) is 76.8 Å². The summed E-state index contributed by atoms with van der Waals surface area (Å²) in [6.07, 6.45) is 4.24. The van der Waals surface area contributed by atoms with Gasteiger partial charge < -0.3 is 10.6 Å².